The Morgan fingerprint density at radius 1 is 1.39 bits per heavy atom. The monoisotopic (exact) mass is 265 g/mol. The van der Waals surface area contributed by atoms with Crippen molar-refractivity contribution in [2.45, 2.75) is 12.3 Å². The van der Waals surface area contributed by atoms with Crippen molar-refractivity contribution in [1.29, 1.82) is 0 Å². The zero-order valence-corrected chi connectivity index (χ0v) is 10.3. The molecule has 2 rings (SSSR count). The highest BCUT2D eigenvalue weighted by Crippen LogP contribution is 2.26. The van der Waals surface area contributed by atoms with Crippen molar-refractivity contribution in [2.75, 3.05) is 5.88 Å². The Bertz CT molecular complexity index is 511. The lowest BCUT2D eigenvalue weighted by Crippen LogP contribution is -2.21. The quantitative estimate of drug-likeness (QED) is 0.371. The van der Waals surface area contributed by atoms with Gasteiger partial charge in [0.15, 0.2) is 0 Å². The molecular weight excluding hydrogens is 254 g/mol. The zero-order valence-electron chi connectivity index (χ0n) is 9.52. The minimum Gasteiger partial charge on any atom is -0.386 e. The minimum absolute atomic E-state index is 0.168. The molecule has 94 valence electrons. The van der Waals surface area contributed by atoms with E-state index >= 15 is 0 Å². The zero-order chi connectivity index (χ0) is 13.1. The van der Waals surface area contributed by atoms with Crippen LogP contribution in [0.4, 0.5) is 5.69 Å². The predicted molar refractivity (Wildman–Crippen MR) is 69.0 cm³/mol. The summed E-state index contributed by atoms with van der Waals surface area (Å²) in [6.07, 6.45) is 0.200. The Morgan fingerprint density at radius 3 is 2.56 bits per heavy atom. The molecule has 18 heavy (non-hydrogen) atoms. The highest BCUT2D eigenvalue weighted by Gasteiger charge is 2.31. The van der Waals surface area contributed by atoms with Gasteiger partial charge in [-0.3, -0.25) is 14.9 Å². The van der Waals surface area contributed by atoms with Crippen LogP contribution in [0.2, 0.25) is 0 Å². The number of hydrogen-bond donors (Lipinski definition) is 2. The number of amidine groups is 1. The fourth-order valence-electron chi connectivity index (χ4n) is 1.80. The second-order valence-corrected chi connectivity index (χ2v) is 4.26. The van der Waals surface area contributed by atoms with Gasteiger partial charge in [-0.25, -0.2) is 4.99 Å². The van der Waals surface area contributed by atoms with E-state index in [1.54, 1.807) is 24.3 Å². The molecular formula is C12H12ClN3O2. The van der Waals surface area contributed by atoms with Crippen molar-refractivity contribution in [1.82, 2.24) is 5.32 Å². The summed E-state index contributed by atoms with van der Waals surface area (Å²) in [6.45, 7) is 0. The molecule has 2 amide bonds. The number of carbonyl (C=O) groups is 2. The topological polar surface area (TPSA) is 84.5 Å². The summed E-state index contributed by atoms with van der Waals surface area (Å²) in [5, 5.41) is 2.28. The third-order valence-electron chi connectivity index (χ3n) is 2.67. The number of nitrogens with one attached hydrogen (secondary N) is 1. The van der Waals surface area contributed by atoms with Gasteiger partial charge in [-0.2, -0.15) is 0 Å². The molecule has 1 unspecified atom stereocenters. The summed E-state index contributed by atoms with van der Waals surface area (Å²) in [7, 11) is 0. The molecule has 1 aromatic carbocycles. The number of nitrogens with zero attached hydrogens (tertiary/aromatic N) is 1. The molecule has 0 aromatic heterocycles. The Labute approximate surface area is 109 Å². The molecule has 1 saturated heterocycles. The SMILES string of the molecule is NC(CCl)=Nc1ccc(C2CC(=O)NC2=O)cc1. The molecule has 3 N–H and O–H groups in total. The van der Waals surface area contributed by atoms with Crippen molar-refractivity contribution >= 4 is 34.9 Å². The van der Waals surface area contributed by atoms with E-state index in [1.165, 1.54) is 0 Å². The Balaban J connectivity index is 2.18. The first kappa shape index (κ1) is 12.6. The Hall–Kier alpha value is -1.88. The Morgan fingerprint density at radius 2 is 2.06 bits per heavy atom. The number of alkyl halides is 1. The number of imide groups is 1. The lowest BCUT2D eigenvalue weighted by Gasteiger charge is -2.06. The van der Waals surface area contributed by atoms with Gasteiger partial charge in [0.25, 0.3) is 0 Å². The largest absolute Gasteiger partial charge is 0.386 e. The molecule has 1 fully saturated rings. The van der Waals surface area contributed by atoms with Gasteiger partial charge in [0.2, 0.25) is 11.8 Å². The highest BCUT2D eigenvalue weighted by atomic mass is 35.5. The second kappa shape index (κ2) is 5.18. The first-order chi connectivity index (χ1) is 8.60. The lowest BCUT2D eigenvalue weighted by molar-refractivity contribution is -0.125. The number of aliphatic imine (C=N–C) groups is 1. The van der Waals surface area contributed by atoms with Crippen molar-refractivity contribution < 1.29 is 9.59 Å². The van der Waals surface area contributed by atoms with Crippen LogP contribution in [0.3, 0.4) is 0 Å². The summed E-state index contributed by atoms with van der Waals surface area (Å²) in [5.74, 6) is -0.393. The number of benzene rings is 1. The van der Waals surface area contributed by atoms with Crippen LogP contribution < -0.4 is 11.1 Å². The highest BCUT2D eigenvalue weighted by molar-refractivity contribution is 6.28. The number of rotatable bonds is 3. The minimum atomic E-state index is -0.402. The predicted octanol–water partition coefficient (Wildman–Crippen LogP) is 1.04. The van der Waals surface area contributed by atoms with Gasteiger partial charge in [0, 0.05) is 6.42 Å². The third-order valence-corrected chi connectivity index (χ3v) is 2.95. The smallest absolute Gasteiger partial charge is 0.234 e. The summed E-state index contributed by atoms with van der Waals surface area (Å²) in [4.78, 5) is 26.7. The van der Waals surface area contributed by atoms with E-state index in [0.29, 0.717) is 11.5 Å². The average molecular weight is 266 g/mol. The van der Waals surface area contributed by atoms with E-state index in [0.717, 1.165) is 5.56 Å². The van der Waals surface area contributed by atoms with Gasteiger partial charge in [-0.05, 0) is 17.7 Å². The van der Waals surface area contributed by atoms with Gasteiger partial charge >= 0.3 is 0 Å². The molecule has 5 nitrogen and oxygen atoms in total. The first-order valence-electron chi connectivity index (χ1n) is 5.43. The van der Waals surface area contributed by atoms with Gasteiger partial charge in [0.1, 0.15) is 5.84 Å². The van der Waals surface area contributed by atoms with E-state index in [1.807, 2.05) is 0 Å². The molecule has 1 heterocycles. The normalized spacial score (nSPS) is 20.1. The maximum atomic E-state index is 11.5. The molecule has 1 aliphatic rings. The summed E-state index contributed by atoms with van der Waals surface area (Å²) < 4.78 is 0. The number of nitrogens with two attached hydrogens (primary N) is 1. The number of halogens is 1. The van der Waals surface area contributed by atoms with E-state index in [2.05, 4.69) is 10.3 Å². The molecule has 0 aliphatic carbocycles. The second-order valence-electron chi connectivity index (χ2n) is 4.00. The van der Waals surface area contributed by atoms with E-state index in [4.69, 9.17) is 17.3 Å². The third kappa shape index (κ3) is 2.68. The van der Waals surface area contributed by atoms with Crippen molar-refractivity contribution in [3.05, 3.63) is 29.8 Å². The average Bonchev–Trinajstić information content (AvgIpc) is 2.69. The number of carbonyl (C=O) groups excluding carboxylic acids is 2. The van der Waals surface area contributed by atoms with Crippen LogP contribution in [0.15, 0.2) is 29.3 Å². The summed E-state index contributed by atoms with van der Waals surface area (Å²) in [6, 6.07) is 7.02. The fourth-order valence-corrected chi connectivity index (χ4v) is 1.86. The maximum absolute atomic E-state index is 11.5. The molecule has 1 aromatic rings. The van der Waals surface area contributed by atoms with Crippen LogP contribution in [0.5, 0.6) is 0 Å². The molecule has 0 saturated carbocycles. The molecule has 0 bridgehead atoms. The number of hydrogen-bond acceptors (Lipinski definition) is 3. The van der Waals surface area contributed by atoms with Gasteiger partial charge in [-0.1, -0.05) is 12.1 Å². The van der Waals surface area contributed by atoms with Crippen LogP contribution in [0.1, 0.15) is 17.9 Å². The van der Waals surface area contributed by atoms with Crippen LogP contribution in [0, 0.1) is 0 Å². The van der Waals surface area contributed by atoms with Gasteiger partial charge in [-0.15, -0.1) is 11.6 Å². The standard InChI is InChI=1S/C12H12ClN3O2/c13-6-10(14)15-8-3-1-7(2-4-8)9-5-11(17)16-12(9)18/h1-4,9H,5-6H2,(H2,14,15)(H,16,17,18). The van der Waals surface area contributed by atoms with E-state index in [-0.39, 0.29) is 24.1 Å². The van der Waals surface area contributed by atoms with Crippen LogP contribution in [0.25, 0.3) is 0 Å². The van der Waals surface area contributed by atoms with E-state index in [9.17, 15) is 9.59 Å². The molecule has 1 aliphatic heterocycles. The Kier molecular flexibility index (Phi) is 3.62. The first-order valence-corrected chi connectivity index (χ1v) is 5.96. The van der Waals surface area contributed by atoms with Crippen LogP contribution in [-0.2, 0) is 9.59 Å². The van der Waals surface area contributed by atoms with Gasteiger partial charge in [0.05, 0.1) is 17.5 Å². The van der Waals surface area contributed by atoms with Crippen LogP contribution >= 0.6 is 11.6 Å². The van der Waals surface area contributed by atoms with Crippen LogP contribution in [-0.4, -0.2) is 23.5 Å². The number of amides is 2. The van der Waals surface area contributed by atoms with Crippen molar-refractivity contribution in [3.63, 3.8) is 0 Å². The maximum Gasteiger partial charge on any atom is 0.234 e. The summed E-state index contributed by atoms with van der Waals surface area (Å²) in [5.41, 5.74) is 6.98. The van der Waals surface area contributed by atoms with E-state index < -0.39 is 5.92 Å². The molecule has 6 heteroatoms. The molecule has 0 radical (unpaired) electrons. The fraction of sp³-hybridized carbons (Fsp3) is 0.250. The molecule has 1 atom stereocenters. The summed E-state index contributed by atoms with van der Waals surface area (Å²) >= 11 is 5.53. The van der Waals surface area contributed by atoms with Crippen molar-refractivity contribution in [3.8, 4) is 0 Å². The lowest BCUT2D eigenvalue weighted by atomic mass is 9.97. The van der Waals surface area contributed by atoms with Gasteiger partial charge < -0.3 is 5.73 Å². The molecule has 0 spiro atoms. The van der Waals surface area contributed by atoms with Crippen molar-refractivity contribution in [2.24, 2.45) is 10.7 Å².